The van der Waals surface area contributed by atoms with E-state index in [0.29, 0.717) is 5.41 Å². The van der Waals surface area contributed by atoms with Crippen molar-refractivity contribution in [2.24, 2.45) is 11.3 Å². The van der Waals surface area contributed by atoms with Gasteiger partial charge in [-0.3, -0.25) is 0 Å². The van der Waals surface area contributed by atoms with Gasteiger partial charge in [-0.25, -0.2) is 0 Å². The molecule has 1 saturated carbocycles. The maximum atomic E-state index is 3.63. The Kier molecular flexibility index (Phi) is 4.45. The zero-order valence-corrected chi connectivity index (χ0v) is 12.1. The van der Waals surface area contributed by atoms with Gasteiger partial charge in [0.05, 0.1) is 0 Å². The Balaban J connectivity index is 2.01. The van der Waals surface area contributed by atoms with Crippen LogP contribution in [0.1, 0.15) is 44.2 Å². The normalized spacial score (nSPS) is 18.6. The molecule has 1 atom stereocenters. The summed E-state index contributed by atoms with van der Waals surface area (Å²) in [7, 11) is 0. The van der Waals surface area contributed by atoms with E-state index < -0.39 is 0 Å². The monoisotopic (exact) mass is 245 g/mol. The highest BCUT2D eigenvalue weighted by Crippen LogP contribution is 2.47. The van der Waals surface area contributed by atoms with Crippen LogP contribution < -0.4 is 5.32 Å². The highest BCUT2D eigenvalue weighted by Gasteiger charge is 2.40. The molecule has 0 aromatic heterocycles. The molecule has 100 valence electrons. The van der Waals surface area contributed by atoms with Crippen molar-refractivity contribution < 1.29 is 0 Å². The average molecular weight is 245 g/mol. The molecule has 0 bridgehead atoms. The molecule has 1 aromatic carbocycles. The lowest BCUT2D eigenvalue weighted by atomic mass is 9.78. The van der Waals surface area contributed by atoms with Crippen LogP contribution in [0.25, 0.3) is 0 Å². The fourth-order valence-electron chi connectivity index (χ4n) is 2.97. The van der Waals surface area contributed by atoms with Crippen LogP contribution in [0.15, 0.2) is 24.3 Å². The predicted molar refractivity (Wildman–Crippen MR) is 78.9 cm³/mol. The second-order valence-corrected chi connectivity index (χ2v) is 6.27. The quantitative estimate of drug-likeness (QED) is 0.717. The molecule has 0 heterocycles. The number of hydrogen-bond acceptors (Lipinski definition) is 1. The molecule has 0 radical (unpaired) electrons. The first-order valence-corrected chi connectivity index (χ1v) is 7.40. The van der Waals surface area contributed by atoms with Gasteiger partial charge in [0.15, 0.2) is 0 Å². The van der Waals surface area contributed by atoms with E-state index in [2.05, 4.69) is 50.4 Å². The Hall–Kier alpha value is -0.820. The Labute approximate surface area is 112 Å². The summed E-state index contributed by atoms with van der Waals surface area (Å²) < 4.78 is 0. The second-order valence-electron chi connectivity index (χ2n) is 6.27. The summed E-state index contributed by atoms with van der Waals surface area (Å²) in [6.07, 6.45) is 5.30. The van der Waals surface area contributed by atoms with Crippen molar-refractivity contribution in [3.8, 4) is 0 Å². The van der Waals surface area contributed by atoms with Crippen LogP contribution in [-0.4, -0.2) is 13.1 Å². The van der Waals surface area contributed by atoms with E-state index in [0.717, 1.165) is 12.5 Å². The van der Waals surface area contributed by atoms with Gasteiger partial charge >= 0.3 is 0 Å². The molecule has 1 fully saturated rings. The van der Waals surface area contributed by atoms with E-state index in [1.54, 1.807) is 0 Å². The number of rotatable bonds is 7. The van der Waals surface area contributed by atoms with Gasteiger partial charge in [0.2, 0.25) is 0 Å². The third-order valence-electron chi connectivity index (χ3n) is 4.21. The molecule has 0 aliphatic heterocycles. The minimum atomic E-state index is 0.447. The maximum absolute atomic E-state index is 3.63. The molecule has 1 unspecified atom stereocenters. The summed E-state index contributed by atoms with van der Waals surface area (Å²) in [4.78, 5) is 0. The van der Waals surface area contributed by atoms with Crippen LogP contribution in [0.3, 0.4) is 0 Å². The van der Waals surface area contributed by atoms with E-state index in [9.17, 15) is 0 Å². The lowest BCUT2D eigenvalue weighted by Crippen LogP contribution is -2.36. The van der Waals surface area contributed by atoms with Crippen LogP contribution in [-0.2, 0) is 6.42 Å². The Morgan fingerprint density at radius 2 is 2.11 bits per heavy atom. The molecule has 1 heteroatoms. The summed E-state index contributed by atoms with van der Waals surface area (Å²) >= 11 is 0. The number of benzene rings is 1. The number of aryl methyl sites for hydroxylation is 1. The predicted octanol–water partition coefficient (Wildman–Crippen LogP) is 3.95. The van der Waals surface area contributed by atoms with E-state index in [1.807, 2.05) is 0 Å². The smallest absolute Gasteiger partial charge is 0.00110 e. The van der Waals surface area contributed by atoms with Crippen LogP contribution in [0.4, 0.5) is 0 Å². The van der Waals surface area contributed by atoms with Crippen molar-refractivity contribution in [2.75, 3.05) is 13.1 Å². The zero-order chi connectivity index (χ0) is 13.0. The highest BCUT2D eigenvalue weighted by molar-refractivity contribution is 5.24. The summed E-state index contributed by atoms with van der Waals surface area (Å²) in [6, 6.07) is 9.01. The van der Waals surface area contributed by atoms with Crippen LogP contribution in [0.2, 0.25) is 0 Å². The molecule has 1 nitrogen and oxygen atoms in total. The Morgan fingerprint density at radius 3 is 2.72 bits per heavy atom. The van der Waals surface area contributed by atoms with Gasteiger partial charge in [0, 0.05) is 6.54 Å². The third-order valence-corrected chi connectivity index (χ3v) is 4.21. The number of hydrogen-bond donors (Lipinski definition) is 1. The molecular weight excluding hydrogens is 218 g/mol. The van der Waals surface area contributed by atoms with Crippen molar-refractivity contribution in [2.45, 2.75) is 46.5 Å². The fraction of sp³-hybridized carbons (Fsp3) is 0.647. The summed E-state index contributed by atoms with van der Waals surface area (Å²) in [5, 5.41) is 3.63. The third kappa shape index (κ3) is 3.58. The molecule has 2 rings (SSSR count). The standard InChI is InChI=1S/C17H27N/c1-4-10-18-13-17(3,16-8-9-16)12-15-7-5-6-14(2)11-15/h5-7,11,16,18H,4,8-10,12-13H2,1-3H3. The summed E-state index contributed by atoms with van der Waals surface area (Å²) in [5.41, 5.74) is 3.33. The fourth-order valence-corrected chi connectivity index (χ4v) is 2.97. The Morgan fingerprint density at radius 1 is 1.33 bits per heavy atom. The van der Waals surface area contributed by atoms with Crippen LogP contribution in [0, 0.1) is 18.3 Å². The minimum absolute atomic E-state index is 0.447. The van der Waals surface area contributed by atoms with Crippen molar-refractivity contribution >= 4 is 0 Å². The van der Waals surface area contributed by atoms with Gasteiger partial charge in [0.25, 0.3) is 0 Å². The van der Waals surface area contributed by atoms with Crippen molar-refractivity contribution in [3.63, 3.8) is 0 Å². The van der Waals surface area contributed by atoms with Gasteiger partial charge in [-0.2, -0.15) is 0 Å². The van der Waals surface area contributed by atoms with Gasteiger partial charge in [-0.05, 0) is 56.0 Å². The maximum Gasteiger partial charge on any atom is 0.00110 e. The first-order valence-electron chi connectivity index (χ1n) is 7.40. The molecule has 1 aromatic rings. The largest absolute Gasteiger partial charge is 0.316 e. The van der Waals surface area contributed by atoms with Gasteiger partial charge in [-0.15, -0.1) is 0 Å². The molecule has 0 saturated heterocycles. The molecule has 0 spiro atoms. The SMILES string of the molecule is CCCNCC(C)(Cc1cccc(C)c1)C1CC1. The van der Waals surface area contributed by atoms with Crippen molar-refractivity contribution in [3.05, 3.63) is 35.4 Å². The lowest BCUT2D eigenvalue weighted by molar-refractivity contribution is 0.256. The zero-order valence-electron chi connectivity index (χ0n) is 12.1. The van der Waals surface area contributed by atoms with E-state index in [4.69, 9.17) is 0 Å². The molecule has 1 aliphatic rings. The molecule has 1 N–H and O–H groups in total. The Bertz CT molecular complexity index is 381. The average Bonchev–Trinajstić information content (AvgIpc) is 3.13. The molecule has 1 aliphatic carbocycles. The minimum Gasteiger partial charge on any atom is -0.316 e. The molecular formula is C17H27N. The van der Waals surface area contributed by atoms with Crippen LogP contribution in [0.5, 0.6) is 0 Å². The summed E-state index contributed by atoms with van der Waals surface area (Å²) in [6.45, 7) is 9.21. The summed E-state index contributed by atoms with van der Waals surface area (Å²) in [5.74, 6) is 0.933. The topological polar surface area (TPSA) is 12.0 Å². The van der Waals surface area contributed by atoms with Gasteiger partial charge in [0.1, 0.15) is 0 Å². The van der Waals surface area contributed by atoms with E-state index in [1.165, 1.54) is 43.4 Å². The van der Waals surface area contributed by atoms with Gasteiger partial charge in [-0.1, -0.05) is 43.7 Å². The first-order chi connectivity index (χ1) is 8.64. The molecule has 18 heavy (non-hydrogen) atoms. The van der Waals surface area contributed by atoms with Gasteiger partial charge < -0.3 is 5.32 Å². The number of nitrogens with one attached hydrogen (secondary N) is 1. The van der Waals surface area contributed by atoms with E-state index in [-0.39, 0.29) is 0 Å². The first kappa shape index (κ1) is 13.6. The highest BCUT2D eigenvalue weighted by atomic mass is 14.9. The van der Waals surface area contributed by atoms with Crippen molar-refractivity contribution in [1.82, 2.24) is 5.32 Å². The van der Waals surface area contributed by atoms with Crippen LogP contribution >= 0.6 is 0 Å². The van der Waals surface area contributed by atoms with E-state index >= 15 is 0 Å². The second kappa shape index (κ2) is 5.88. The lowest BCUT2D eigenvalue weighted by Gasteiger charge is -2.30. The van der Waals surface area contributed by atoms with Crippen molar-refractivity contribution in [1.29, 1.82) is 0 Å². The molecule has 0 amide bonds.